The van der Waals surface area contributed by atoms with Gasteiger partial charge in [-0.3, -0.25) is 9.89 Å². The Morgan fingerprint density at radius 2 is 1.88 bits per heavy atom. The minimum absolute atomic E-state index is 0.00604. The maximum Gasteiger partial charge on any atom is 0.253 e. The summed E-state index contributed by atoms with van der Waals surface area (Å²) in [6, 6.07) is 19.1. The number of aromatic nitrogens is 2. The fourth-order valence-corrected chi connectivity index (χ4v) is 5.28. The molecular weight excluding hydrogens is 410 g/mol. The lowest BCUT2D eigenvalue weighted by Crippen LogP contribution is -2.26. The van der Waals surface area contributed by atoms with E-state index >= 15 is 0 Å². The van der Waals surface area contributed by atoms with Gasteiger partial charge in [0.1, 0.15) is 5.69 Å². The van der Waals surface area contributed by atoms with Crippen molar-refractivity contribution >= 4 is 5.91 Å². The summed E-state index contributed by atoms with van der Waals surface area (Å²) in [6.07, 6.45) is 4.97. The van der Waals surface area contributed by atoms with Gasteiger partial charge in [-0.2, -0.15) is 5.10 Å². The maximum absolute atomic E-state index is 12.9. The van der Waals surface area contributed by atoms with Crippen LogP contribution in [0.3, 0.4) is 0 Å². The number of carbonyl (C=O) groups excluding carboxylic acids is 1. The maximum atomic E-state index is 12.9. The predicted molar refractivity (Wildman–Crippen MR) is 132 cm³/mol. The summed E-state index contributed by atoms with van der Waals surface area (Å²) in [6.45, 7) is 4.68. The van der Waals surface area contributed by atoms with E-state index in [2.05, 4.69) is 59.6 Å². The van der Waals surface area contributed by atoms with Crippen LogP contribution in [0.25, 0.3) is 0 Å². The Balaban J connectivity index is 1.32. The van der Waals surface area contributed by atoms with Crippen molar-refractivity contribution in [3.8, 4) is 5.75 Å². The summed E-state index contributed by atoms with van der Waals surface area (Å²) >= 11 is 0. The largest absolute Gasteiger partial charge is 0.493 e. The number of aromatic amines is 1. The van der Waals surface area contributed by atoms with E-state index in [1.54, 1.807) is 19.1 Å². The summed E-state index contributed by atoms with van der Waals surface area (Å²) in [4.78, 5) is 14.6. The van der Waals surface area contributed by atoms with Gasteiger partial charge in [-0.05, 0) is 73.6 Å². The number of nitrogens with one attached hydrogen (secondary N) is 1. The van der Waals surface area contributed by atoms with Crippen molar-refractivity contribution in [1.82, 2.24) is 15.1 Å². The van der Waals surface area contributed by atoms with Crippen molar-refractivity contribution in [2.75, 3.05) is 14.2 Å². The zero-order chi connectivity index (χ0) is 23.4. The van der Waals surface area contributed by atoms with E-state index < -0.39 is 0 Å². The fraction of sp³-hybridized carbons (Fsp3) is 0.429. The van der Waals surface area contributed by atoms with Gasteiger partial charge in [-0.25, -0.2) is 0 Å². The molecule has 1 fully saturated rings. The van der Waals surface area contributed by atoms with Crippen LogP contribution in [0.15, 0.2) is 54.6 Å². The van der Waals surface area contributed by atoms with Crippen molar-refractivity contribution < 1.29 is 9.53 Å². The molecule has 1 aromatic heterocycles. The predicted octanol–water partition coefficient (Wildman–Crippen LogP) is 5.76. The van der Waals surface area contributed by atoms with Crippen molar-refractivity contribution in [3.63, 3.8) is 0 Å². The van der Waals surface area contributed by atoms with Gasteiger partial charge in [0.2, 0.25) is 0 Å². The third-order valence-corrected chi connectivity index (χ3v) is 7.25. The van der Waals surface area contributed by atoms with Crippen molar-refractivity contribution in [3.05, 3.63) is 82.7 Å². The van der Waals surface area contributed by atoms with Gasteiger partial charge in [-0.15, -0.1) is 0 Å². The number of carbonyl (C=O) groups is 1. The molecule has 1 amide bonds. The molecule has 1 aliphatic rings. The highest BCUT2D eigenvalue weighted by molar-refractivity contribution is 5.94. The molecule has 0 radical (unpaired) electrons. The molecule has 1 heterocycles. The Morgan fingerprint density at radius 1 is 1.15 bits per heavy atom. The number of hydrogen-bond donors (Lipinski definition) is 1. The fourth-order valence-electron chi connectivity index (χ4n) is 5.28. The highest BCUT2D eigenvalue weighted by Gasteiger charge is 2.29. The van der Waals surface area contributed by atoms with Crippen molar-refractivity contribution in [2.45, 2.75) is 52.0 Å². The molecule has 0 spiro atoms. The molecule has 1 saturated carbocycles. The molecule has 1 aliphatic carbocycles. The zero-order valence-corrected chi connectivity index (χ0v) is 20.2. The lowest BCUT2D eigenvalue weighted by atomic mass is 9.85. The smallest absolute Gasteiger partial charge is 0.253 e. The van der Waals surface area contributed by atoms with Gasteiger partial charge in [0, 0.05) is 12.6 Å². The Labute approximate surface area is 197 Å². The van der Waals surface area contributed by atoms with E-state index in [9.17, 15) is 4.79 Å². The summed E-state index contributed by atoms with van der Waals surface area (Å²) in [5, 5.41) is 7.14. The third kappa shape index (κ3) is 5.29. The molecule has 3 aromatic rings. The first-order chi connectivity index (χ1) is 16.0. The van der Waals surface area contributed by atoms with Crippen LogP contribution in [0.5, 0.6) is 5.75 Å². The molecule has 4 rings (SSSR count). The molecule has 0 saturated heterocycles. The molecule has 5 nitrogen and oxygen atoms in total. The summed E-state index contributed by atoms with van der Waals surface area (Å²) in [5.41, 5.74) is 5.09. The van der Waals surface area contributed by atoms with Crippen LogP contribution in [0.2, 0.25) is 0 Å². The molecule has 2 aromatic carbocycles. The van der Waals surface area contributed by atoms with Gasteiger partial charge < -0.3 is 9.64 Å². The normalized spacial score (nSPS) is 18.8. The highest BCUT2D eigenvalue weighted by Crippen LogP contribution is 2.41. The Hall–Kier alpha value is -3.08. The second-order valence-electron chi connectivity index (χ2n) is 9.52. The molecule has 0 unspecified atom stereocenters. The van der Waals surface area contributed by atoms with Gasteiger partial charge in [0.25, 0.3) is 5.91 Å². The van der Waals surface area contributed by atoms with Gasteiger partial charge in [0.05, 0.1) is 19.3 Å². The summed E-state index contributed by atoms with van der Waals surface area (Å²) in [5.74, 6) is 2.80. The molecule has 174 valence electrons. The molecule has 3 atom stereocenters. The van der Waals surface area contributed by atoms with Crippen LogP contribution >= 0.6 is 0 Å². The topological polar surface area (TPSA) is 58.2 Å². The summed E-state index contributed by atoms with van der Waals surface area (Å²) < 4.78 is 5.40. The first kappa shape index (κ1) is 23.1. The van der Waals surface area contributed by atoms with Crippen LogP contribution in [0, 0.1) is 18.8 Å². The number of amides is 1. The van der Waals surface area contributed by atoms with Gasteiger partial charge in [-0.1, -0.05) is 49.4 Å². The molecular formula is C28H35N3O2. The summed E-state index contributed by atoms with van der Waals surface area (Å²) in [7, 11) is 3.43. The Morgan fingerprint density at radius 3 is 2.58 bits per heavy atom. The number of rotatable bonds is 8. The minimum Gasteiger partial charge on any atom is -0.493 e. The van der Waals surface area contributed by atoms with Crippen molar-refractivity contribution in [1.29, 1.82) is 0 Å². The molecule has 33 heavy (non-hydrogen) atoms. The van der Waals surface area contributed by atoms with Crippen molar-refractivity contribution in [2.24, 2.45) is 11.8 Å². The van der Waals surface area contributed by atoms with Crippen LogP contribution in [0.1, 0.15) is 65.0 Å². The standard InChI is InChI=1S/C28H35N3O2/c1-19(23-8-6-5-7-9-23)25-15-12-22(17-25)16-21-10-13-24(14-11-21)28(32)31(3)18-26-27(33-4)20(2)29-30-26/h5-11,13-14,19,22,25H,12,15-18H2,1-4H3,(H,29,30)/t19-,22+,25+/m1/s1. The number of benzene rings is 2. The Bertz CT molecular complexity index is 1060. The van der Waals surface area contributed by atoms with E-state index in [0.717, 1.165) is 29.6 Å². The Kier molecular flexibility index (Phi) is 7.17. The van der Waals surface area contributed by atoms with Crippen LogP contribution in [-0.4, -0.2) is 35.2 Å². The lowest BCUT2D eigenvalue weighted by molar-refractivity contribution is 0.0782. The quantitative estimate of drug-likeness (QED) is 0.479. The molecule has 0 bridgehead atoms. The van der Waals surface area contributed by atoms with E-state index in [-0.39, 0.29) is 5.91 Å². The second kappa shape index (κ2) is 10.2. The highest BCUT2D eigenvalue weighted by atomic mass is 16.5. The number of methoxy groups -OCH3 is 1. The van der Waals surface area contributed by atoms with Gasteiger partial charge >= 0.3 is 0 Å². The molecule has 1 N–H and O–H groups in total. The first-order valence-corrected chi connectivity index (χ1v) is 11.9. The number of aryl methyl sites for hydroxylation is 1. The van der Waals surface area contributed by atoms with Crippen LogP contribution < -0.4 is 4.74 Å². The van der Waals surface area contributed by atoms with Crippen LogP contribution in [0.4, 0.5) is 0 Å². The number of nitrogens with zero attached hydrogens (tertiary/aromatic N) is 2. The second-order valence-corrected chi connectivity index (χ2v) is 9.52. The van der Waals surface area contributed by atoms with Gasteiger partial charge in [0.15, 0.2) is 5.75 Å². The SMILES string of the molecule is COc1c(C)n[nH]c1CN(C)C(=O)c1ccc(C[C@@H]2CC[C@H]([C@H](C)c3ccccc3)C2)cc1. The van der Waals surface area contributed by atoms with E-state index in [4.69, 9.17) is 4.74 Å². The van der Waals surface area contributed by atoms with E-state index in [1.165, 1.54) is 30.4 Å². The first-order valence-electron chi connectivity index (χ1n) is 11.9. The van der Waals surface area contributed by atoms with E-state index in [0.29, 0.717) is 23.8 Å². The van der Waals surface area contributed by atoms with Crippen LogP contribution in [-0.2, 0) is 13.0 Å². The van der Waals surface area contributed by atoms with E-state index in [1.807, 2.05) is 19.1 Å². The number of ether oxygens (including phenoxy) is 1. The monoisotopic (exact) mass is 445 g/mol. The molecule has 5 heteroatoms. The minimum atomic E-state index is -0.00604. The third-order valence-electron chi connectivity index (χ3n) is 7.25. The lowest BCUT2D eigenvalue weighted by Gasteiger charge is -2.20. The average molecular weight is 446 g/mol. The number of hydrogen-bond acceptors (Lipinski definition) is 3. The average Bonchev–Trinajstić information content (AvgIpc) is 3.45. The zero-order valence-electron chi connectivity index (χ0n) is 20.2. The molecule has 0 aliphatic heterocycles. The number of H-pyrrole nitrogens is 1.